The van der Waals surface area contributed by atoms with E-state index in [2.05, 4.69) is 28.4 Å². The first-order valence-electron chi connectivity index (χ1n) is 6.97. The van der Waals surface area contributed by atoms with E-state index in [4.69, 9.17) is 5.73 Å². The van der Waals surface area contributed by atoms with Crippen molar-refractivity contribution in [1.82, 2.24) is 14.6 Å². The van der Waals surface area contributed by atoms with Gasteiger partial charge in [0.25, 0.3) is 0 Å². The largest absolute Gasteiger partial charge is 0.369 e. The topological polar surface area (TPSA) is 68.2 Å². The first kappa shape index (κ1) is 12.4. The predicted molar refractivity (Wildman–Crippen MR) is 76.2 cm³/mol. The van der Waals surface area contributed by atoms with Gasteiger partial charge in [-0.25, -0.2) is 4.98 Å². The third-order valence-electron chi connectivity index (χ3n) is 4.27. The van der Waals surface area contributed by atoms with Gasteiger partial charge in [-0.15, -0.1) is 0 Å². The van der Waals surface area contributed by atoms with Gasteiger partial charge in [0.05, 0.1) is 0 Å². The van der Waals surface area contributed by atoms with Crippen molar-refractivity contribution < 1.29 is 0 Å². The summed E-state index contributed by atoms with van der Waals surface area (Å²) in [6.45, 7) is 3.75. The van der Waals surface area contributed by atoms with Crippen LogP contribution in [-0.4, -0.2) is 27.7 Å². The number of hydrogen-bond acceptors (Lipinski definition) is 4. The van der Waals surface area contributed by atoms with Crippen LogP contribution in [0.5, 0.6) is 0 Å². The molecular formula is C14H21N5. The lowest BCUT2D eigenvalue weighted by Gasteiger charge is -2.28. The van der Waals surface area contributed by atoms with Crippen molar-refractivity contribution in [2.45, 2.75) is 32.6 Å². The number of nitrogens with two attached hydrogens (primary N) is 1. The van der Waals surface area contributed by atoms with Crippen molar-refractivity contribution in [1.29, 1.82) is 0 Å². The van der Waals surface area contributed by atoms with Crippen molar-refractivity contribution in [3.63, 3.8) is 0 Å². The quantitative estimate of drug-likeness (QED) is 0.881. The summed E-state index contributed by atoms with van der Waals surface area (Å²) in [4.78, 5) is 4.24. The van der Waals surface area contributed by atoms with E-state index in [9.17, 15) is 0 Å². The number of pyridine rings is 1. The fourth-order valence-electron chi connectivity index (χ4n) is 3.04. The zero-order valence-electron chi connectivity index (χ0n) is 11.4. The zero-order valence-corrected chi connectivity index (χ0v) is 11.4. The van der Waals surface area contributed by atoms with Crippen LogP contribution in [0.3, 0.4) is 0 Å². The van der Waals surface area contributed by atoms with Gasteiger partial charge in [-0.05, 0) is 49.4 Å². The second-order valence-electron chi connectivity index (χ2n) is 5.71. The van der Waals surface area contributed by atoms with E-state index in [1.807, 2.05) is 10.6 Å². The number of aromatic nitrogens is 3. The smallest absolute Gasteiger partial charge is 0.157 e. The molecule has 1 aliphatic carbocycles. The molecule has 1 saturated carbocycles. The molecule has 5 heteroatoms. The highest BCUT2D eigenvalue weighted by Gasteiger charge is 2.32. The van der Waals surface area contributed by atoms with Crippen molar-refractivity contribution in [2.75, 3.05) is 18.4 Å². The predicted octanol–water partition coefficient (Wildman–Crippen LogP) is 1.97. The van der Waals surface area contributed by atoms with Crippen LogP contribution in [0.15, 0.2) is 18.5 Å². The molecule has 0 aliphatic heterocycles. The minimum absolute atomic E-state index is 0.261. The monoisotopic (exact) mass is 259 g/mol. The van der Waals surface area contributed by atoms with Gasteiger partial charge in [0.2, 0.25) is 0 Å². The van der Waals surface area contributed by atoms with E-state index in [1.54, 1.807) is 6.33 Å². The summed E-state index contributed by atoms with van der Waals surface area (Å²) in [5, 5.41) is 7.79. The van der Waals surface area contributed by atoms with Crippen LogP contribution in [-0.2, 0) is 0 Å². The molecular weight excluding hydrogens is 238 g/mol. The van der Waals surface area contributed by atoms with E-state index in [0.717, 1.165) is 24.6 Å². The molecule has 3 N–H and O–H groups in total. The van der Waals surface area contributed by atoms with Crippen LogP contribution in [0, 0.1) is 12.3 Å². The fourth-order valence-corrected chi connectivity index (χ4v) is 3.04. The van der Waals surface area contributed by atoms with E-state index in [0.29, 0.717) is 0 Å². The molecule has 1 aliphatic rings. The standard InChI is InChI=1S/C14H21N5/c1-11-6-12(19-13(7-11)17-10-18-19)16-9-14(8-15)4-2-3-5-14/h6-7,10,16H,2-5,8-9,15H2,1H3. The summed E-state index contributed by atoms with van der Waals surface area (Å²) in [6, 6.07) is 4.15. The molecule has 2 aromatic heterocycles. The molecule has 2 heterocycles. The summed E-state index contributed by atoms with van der Waals surface area (Å²) in [5.74, 6) is 1.01. The number of fused-ring (bicyclic) bond motifs is 1. The van der Waals surface area contributed by atoms with Crippen LogP contribution in [0.4, 0.5) is 5.82 Å². The molecule has 2 aromatic rings. The van der Waals surface area contributed by atoms with E-state index < -0.39 is 0 Å². The Morgan fingerprint density at radius 1 is 1.37 bits per heavy atom. The molecule has 19 heavy (non-hydrogen) atoms. The SMILES string of the molecule is Cc1cc(NCC2(CN)CCCC2)n2ncnc2c1. The lowest BCUT2D eigenvalue weighted by atomic mass is 9.86. The fraction of sp³-hybridized carbons (Fsp3) is 0.571. The highest BCUT2D eigenvalue weighted by Crippen LogP contribution is 2.37. The van der Waals surface area contributed by atoms with Crippen LogP contribution >= 0.6 is 0 Å². The van der Waals surface area contributed by atoms with Crippen molar-refractivity contribution in [2.24, 2.45) is 11.1 Å². The van der Waals surface area contributed by atoms with Crippen LogP contribution < -0.4 is 11.1 Å². The van der Waals surface area contributed by atoms with Crippen molar-refractivity contribution in [3.05, 3.63) is 24.0 Å². The first-order chi connectivity index (χ1) is 9.22. The van der Waals surface area contributed by atoms with Gasteiger partial charge in [-0.3, -0.25) is 0 Å². The molecule has 0 spiro atoms. The second-order valence-corrected chi connectivity index (χ2v) is 5.71. The second kappa shape index (κ2) is 4.81. The Bertz CT molecular complexity index is 568. The minimum atomic E-state index is 0.261. The Kier molecular flexibility index (Phi) is 3.14. The molecule has 102 valence electrons. The molecule has 0 unspecified atom stereocenters. The maximum absolute atomic E-state index is 5.98. The normalized spacial score (nSPS) is 18.0. The van der Waals surface area contributed by atoms with Crippen molar-refractivity contribution in [3.8, 4) is 0 Å². The Labute approximate surface area is 113 Å². The van der Waals surface area contributed by atoms with Gasteiger partial charge >= 0.3 is 0 Å². The van der Waals surface area contributed by atoms with Gasteiger partial charge < -0.3 is 11.1 Å². The average Bonchev–Trinajstić information content (AvgIpc) is 3.05. The molecule has 1 fully saturated rings. The van der Waals surface area contributed by atoms with E-state index in [1.165, 1.54) is 31.2 Å². The Morgan fingerprint density at radius 3 is 2.89 bits per heavy atom. The average molecular weight is 259 g/mol. The third-order valence-corrected chi connectivity index (χ3v) is 4.27. The van der Waals surface area contributed by atoms with E-state index in [-0.39, 0.29) is 5.41 Å². The summed E-state index contributed by atoms with van der Waals surface area (Å²) in [6.07, 6.45) is 6.64. The molecule has 0 aromatic carbocycles. The summed E-state index contributed by atoms with van der Waals surface area (Å²) in [5.41, 5.74) is 8.32. The van der Waals surface area contributed by atoms with Crippen LogP contribution in [0.1, 0.15) is 31.2 Å². The van der Waals surface area contributed by atoms with Crippen LogP contribution in [0.25, 0.3) is 5.65 Å². The lowest BCUT2D eigenvalue weighted by molar-refractivity contribution is 0.331. The summed E-state index contributed by atoms with van der Waals surface area (Å²) in [7, 11) is 0. The minimum Gasteiger partial charge on any atom is -0.369 e. The van der Waals surface area contributed by atoms with E-state index >= 15 is 0 Å². The number of nitrogens with zero attached hydrogens (tertiary/aromatic N) is 3. The molecule has 5 nitrogen and oxygen atoms in total. The maximum Gasteiger partial charge on any atom is 0.157 e. The zero-order chi connectivity index (χ0) is 13.3. The highest BCUT2D eigenvalue weighted by molar-refractivity contribution is 5.51. The van der Waals surface area contributed by atoms with Gasteiger partial charge in [0, 0.05) is 6.54 Å². The lowest BCUT2D eigenvalue weighted by Crippen LogP contribution is -2.35. The van der Waals surface area contributed by atoms with Gasteiger partial charge in [0.15, 0.2) is 5.65 Å². The number of rotatable bonds is 4. The maximum atomic E-state index is 5.98. The summed E-state index contributed by atoms with van der Waals surface area (Å²) >= 11 is 0. The molecule has 0 amide bonds. The highest BCUT2D eigenvalue weighted by atomic mass is 15.3. The molecule has 0 radical (unpaired) electrons. The number of anilines is 1. The number of hydrogen-bond donors (Lipinski definition) is 2. The van der Waals surface area contributed by atoms with Gasteiger partial charge in [0.1, 0.15) is 12.1 Å². The number of aryl methyl sites for hydroxylation is 1. The molecule has 0 saturated heterocycles. The Morgan fingerprint density at radius 2 is 2.16 bits per heavy atom. The van der Waals surface area contributed by atoms with Gasteiger partial charge in [-0.2, -0.15) is 9.61 Å². The molecule has 0 bridgehead atoms. The van der Waals surface area contributed by atoms with Crippen molar-refractivity contribution >= 4 is 11.5 Å². The van der Waals surface area contributed by atoms with Crippen LogP contribution in [0.2, 0.25) is 0 Å². The molecule has 0 atom stereocenters. The third kappa shape index (κ3) is 2.30. The number of nitrogens with one attached hydrogen (secondary N) is 1. The first-order valence-corrected chi connectivity index (χ1v) is 6.97. The Balaban J connectivity index is 1.83. The van der Waals surface area contributed by atoms with Gasteiger partial charge in [-0.1, -0.05) is 12.8 Å². The Hall–Kier alpha value is -1.62. The summed E-state index contributed by atoms with van der Waals surface area (Å²) < 4.78 is 1.85. The molecule has 3 rings (SSSR count).